The molecule has 0 bridgehead atoms. The highest BCUT2D eigenvalue weighted by molar-refractivity contribution is 7.92. The first kappa shape index (κ1) is 24.2. The lowest BCUT2D eigenvalue weighted by Gasteiger charge is -2.25. The Labute approximate surface area is 194 Å². The third-order valence-corrected chi connectivity index (χ3v) is 7.09. The highest BCUT2D eigenvalue weighted by atomic mass is 32.2. The number of sulfonamides is 1. The Bertz CT molecular complexity index is 1230. The Kier molecular flexibility index (Phi) is 7.65. The van der Waals surface area contributed by atoms with Crippen LogP contribution in [0.25, 0.3) is 0 Å². The highest BCUT2D eigenvalue weighted by Gasteiger charge is 2.27. The summed E-state index contributed by atoms with van der Waals surface area (Å²) in [6.07, 6.45) is 1.62. The van der Waals surface area contributed by atoms with Gasteiger partial charge in [0.2, 0.25) is 5.91 Å². The minimum absolute atomic E-state index is 0.0137. The molecule has 9 heteroatoms. The molecule has 0 radical (unpaired) electrons. The van der Waals surface area contributed by atoms with Gasteiger partial charge >= 0.3 is 0 Å². The fourth-order valence-electron chi connectivity index (χ4n) is 3.43. The molecule has 0 atom stereocenters. The van der Waals surface area contributed by atoms with Crippen molar-refractivity contribution in [2.75, 3.05) is 18.0 Å². The quantitative estimate of drug-likeness (QED) is 0.517. The minimum atomic E-state index is -3.90. The number of carbonyl (C=O) groups is 1. The molecule has 0 aliphatic rings. The average molecular weight is 469 g/mol. The fourth-order valence-corrected chi connectivity index (χ4v) is 5.10. The maximum absolute atomic E-state index is 13.6. The number of carbonyl (C=O) groups excluding carboxylic acids is 1. The number of hydrogen-bond acceptors (Lipinski definition) is 6. The van der Waals surface area contributed by atoms with Crippen molar-refractivity contribution < 1.29 is 17.9 Å². The smallest absolute Gasteiger partial charge is 0.264 e. The normalized spacial score (nSPS) is 11.2. The zero-order chi connectivity index (χ0) is 24.0. The van der Waals surface area contributed by atoms with Gasteiger partial charge in [-0.1, -0.05) is 17.7 Å². The van der Waals surface area contributed by atoms with Crippen LogP contribution in [0.4, 0.5) is 5.69 Å². The molecule has 0 saturated carbocycles. The van der Waals surface area contributed by atoms with E-state index in [0.29, 0.717) is 28.5 Å². The number of aromatic nitrogens is 2. The largest absolute Gasteiger partial charge is 0.497 e. The molecule has 1 N–H and O–H groups in total. The molecule has 2 aromatic carbocycles. The van der Waals surface area contributed by atoms with Crippen molar-refractivity contribution in [3.05, 3.63) is 77.4 Å². The van der Waals surface area contributed by atoms with Crippen LogP contribution in [0.2, 0.25) is 0 Å². The topological polar surface area (TPSA) is 101 Å². The fraction of sp³-hybridized carbons (Fsp3) is 0.292. The van der Waals surface area contributed by atoms with Crippen LogP contribution in [0.5, 0.6) is 5.75 Å². The lowest BCUT2D eigenvalue weighted by molar-refractivity contribution is -0.121. The van der Waals surface area contributed by atoms with Crippen molar-refractivity contribution >= 4 is 21.6 Å². The second kappa shape index (κ2) is 10.4. The van der Waals surface area contributed by atoms with Crippen LogP contribution in [-0.4, -0.2) is 37.9 Å². The molecule has 0 fully saturated rings. The summed E-state index contributed by atoms with van der Waals surface area (Å²) in [5, 5.41) is 2.79. The summed E-state index contributed by atoms with van der Waals surface area (Å²) in [5.74, 6) is 0.952. The number of benzene rings is 2. The van der Waals surface area contributed by atoms with E-state index in [1.807, 2.05) is 13.0 Å². The van der Waals surface area contributed by atoms with Crippen molar-refractivity contribution in [2.45, 2.75) is 38.6 Å². The molecule has 8 nitrogen and oxygen atoms in total. The maximum atomic E-state index is 13.6. The SMILES string of the molecule is COc1ccc(N(CCC(=O)NCc2ccnc(C)n2)S(=O)(=O)c2ccc(C)cc2C)cc1. The van der Waals surface area contributed by atoms with Crippen LogP contribution in [0, 0.1) is 20.8 Å². The molecule has 3 rings (SSSR count). The summed E-state index contributed by atoms with van der Waals surface area (Å²) in [7, 11) is -2.35. The van der Waals surface area contributed by atoms with E-state index in [9.17, 15) is 13.2 Å². The van der Waals surface area contributed by atoms with Gasteiger partial charge in [0.05, 0.1) is 29.9 Å². The summed E-state index contributed by atoms with van der Waals surface area (Å²) in [6, 6.07) is 13.6. The second-order valence-electron chi connectivity index (χ2n) is 7.67. The number of rotatable bonds is 9. The zero-order valence-corrected chi connectivity index (χ0v) is 20.0. The minimum Gasteiger partial charge on any atom is -0.497 e. The van der Waals surface area contributed by atoms with Gasteiger partial charge in [0.15, 0.2) is 0 Å². The van der Waals surface area contributed by atoms with E-state index in [-0.39, 0.29) is 30.3 Å². The number of ether oxygens (including phenoxy) is 1. The van der Waals surface area contributed by atoms with Gasteiger partial charge in [0.25, 0.3) is 10.0 Å². The number of anilines is 1. The molecule has 0 unspecified atom stereocenters. The third kappa shape index (κ3) is 6.07. The second-order valence-corrected chi connectivity index (χ2v) is 9.50. The van der Waals surface area contributed by atoms with Gasteiger partial charge in [-0.25, -0.2) is 18.4 Å². The van der Waals surface area contributed by atoms with Crippen LogP contribution >= 0.6 is 0 Å². The maximum Gasteiger partial charge on any atom is 0.264 e. The van der Waals surface area contributed by atoms with Crippen molar-refractivity contribution in [3.8, 4) is 5.75 Å². The van der Waals surface area contributed by atoms with E-state index in [1.54, 1.807) is 69.6 Å². The molecule has 3 aromatic rings. The van der Waals surface area contributed by atoms with Crippen LogP contribution in [0.1, 0.15) is 29.1 Å². The predicted octanol–water partition coefficient (Wildman–Crippen LogP) is 3.31. The van der Waals surface area contributed by atoms with E-state index in [0.717, 1.165) is 5.56 Å². The molecule has 1 aromatic heterocycles. The molecule has 174 valence electrons. The van der Waals surface area contributed by atoms with E-state index in [1.165, 1.54) is 4.31 Å². The number of nitrogens with one attached hydrogen (secondary N) is 1. The Morgan fingerprint density at radius 2 is 1.79 bits per heavy atom. The summed E-state index contributed by atoms with van der Waals surface area (Å²) in [6.45, 7) is 5.68. The molecular weight excluding hydrogens is 440 g/mol. The number of hydrogen-bond donors (Lipinski definition) is 1. The summed E-state index contributed by atoms with van der Waals surface area (Å²) >= 11 is 0. The Hall–Kier alpha value is -3.46. The van der Waals surface area contributed by atoms with Crippen LogP contribution < -0.4 is 14.4 Å². The highest BCUT2D eigenvalue weighted by Crippen LogP contribution is 2.28. The van der Waals surface area contributed by atoms with Gasteiger partial charge in [0.1, 0.15) is 11.6 Å². The van der Waals surface area contributed by atoms with Crippen molar-refractivity contribution in [1.29, 1.82) is 0 Å². The number of amides is 1. The summed E-state index contributed by atoms with van der Waals surface area (Å²) < 4.78 is 33.6. The van der Waals surface area contributed by atoms with Crippen molar-refractivity contribution in [2.24, 2.45) is 0 Å². The number of nitrogens with zero attached hydrogens (tertiary/aromatic N) is 3. The third-order valence-electron chi connectivity index (χ3n) is 5.10. The van der Waals surface area contributed by atoms with Gasteiger partial charge in [-0.2, -0.15) is 0 Å². The van der Waals surface area contributed by atoms with Gasteiger partial charge < -0.3 is 10.1 Å². The molecule has 0 spiro atoms. The lowest BCUT2D eigenvalue weighted by Crippen LogP contribution is -2.35. The molecule has 0 saturated heterocycles. The zero-order valence-electron chi connectivity index (χ0n) is 19.2. The standard InChI is InChI=1S/C24H28N4O4S/c1-17-5-10-23(18(2)15-17)33(30,31)28(21-6-8-22(32-4)9-7-21)14-12-24(29)26-16-20-11-13-25-19(3)27-20/h5-11,13,15H,12,14,16H2,1-4H3,(H,26,29). The van der Waals surface area contributed by atoms with Crippen LogP contribution in [0.15, 0.2) is 59.6 Å². The first-order valence-corrected chi connectivity index (χ1v) is 11.9. The Morgan fingerprint density at radius 1 is 1.06 bits per heavy atom. The van der Waals surface area contributed by atoms with Gasteiger partial charge in [-0.15, -0.1) is 0 Å². The summed E-state index contributed by atoms with van der Waals surface area (Å²) in [4.78, 5) is 21.0. The molecule has 1 amide bonds. The first-order valence-electron chi connectivity index (χ1n) is 10.5. The molecule has 33 heavy (non-hydrogen) atoms. The molecule has 0 aliphatic carbocycles. The molecule has 0 aliphatic heterocycles. The van der Waals surface area contributed by atoms with Crippen molar-refractivity contribution in [1.82, 2.24) is 15.3 Å². The average Bonchev–Trinajstić information content (AvgIpc) is 2.78. The van der Waals surface area contributed by atoms with Crippen molar-refractivity contribution in [3.63, 3.8) is 0 Å². The van der Waals surface area contributed by atoms with E-state index >= 15 is 0 Å². The lowest BCUT2D eigenvalue weighted by atomic mass is 10.2. The molecule has 1 heterocycles. The van der Waals surface area contributed by atoms with Gasteiger partial charge in [-0.05, 0) is 62.7 Å². The Balaban J connectivity index is 1.81. The summed E-state index contributed by atoms with van der Waals surface area (Å²) in [5.41, 5.74) is 2.76. The molecular formula is C24H28N4O4S. The van der Waals surface area contributed by atoms with Gasteiger partial charge in [-0.3, -0.25) is 9.10 Å². The van der Waals surface area contributed by atoms with Crippen LogP contribution in [-0.2, 0) is 21.4 Å². The van der Waals surface area contributed by atoms with Crippen LogP contribution in [0.3, 0.4) is 0 Å². The van der Waals surface area contributed by atoms with E-state index in [4.69, 9.17) is 4.74 Å². The van der Waals surface area contributed by atoms with E-state index < -0.39 is 10.0 Å². The Morgan fingerprint density at radius 3 is 2.42 bits per heavy atom. The number of methoxy groups -OCH3 is 1. The first-order chi connectivity index (χ1) is 15.7. The van der Waals surface area contributed by atoms with E-state index in [2.05, 4.69) is 15.3 Å². The predicted molar refractivity (Wildman–Crippen MR) is 127 cm³/mol. The number of aryl methyl sites for hydroxylation is 3. The monoisotopic (exact) mass is 468 g/mol. The van der Waals surface area contributed by atoms with Gasteiger partial charge in [0, 0.05) is 19.2 Å².